The summed E-state index contributed by atoms with van der Waals surface area (Å²) in [6.45, 7) is 4.36. The summed E-state index contributed by atoms with van der Waals surface area (Å²) in [5, 5.41) is 1.10. The highest BCUT2D eigenvalue weighted by Crippen LogP contribution is 2.27. The summed E-state index contributed by atoms with van der Waals surface area (Å²) in [5.41, 5.74) is 0.601. The number of ether oxygens (including phenoxy) is 1. The number of hydrogen-bond acceptors (Lipinski definition) is 4. The van der Waals surface area contributed by atoms with Gasteiger partial charge in [-0.3, -0.25) is 9.69 Å². The van der Waals surface area contributed by atoms with Crippen molar-refractivity contribution in [1.82, 2.24) is 9.80 Å². The van der Waals surface area contributed by atoms with E-state index >= 15 is 0 Å². The average Bonchev–Trinajstić information content (AvgIpc) is 3.11. The average molecular weight is 369 g/mol. The largest absolute Gasteiger partial charge is 0.491 e. The zero-order valence-corrected chi connectivity index (χ0v) is 14.6. The zero-order chi connectivity index (χ0) is 16.9. The molecule has 128 valence electrons. The molecule has 0 N–H and O–H groups in total. The molecule has 1 saturated heterocycles. The van der Waals surface area contributed by atoms with Gasteiger partial charge in [0.15, 0.2) is 0 Å². The first kappa shape index (κ1) is 17.1. The van der Waals surface area contributed by atoms with Crippen LogP contribution in [0.25, 0.3) is 0 Å². The molecule has 24 heavy (non-hydrogen) atoms. The standard InChI is InChI=1S/C17H18Cl2N2O3/c18-14-1-2-16(15(19)11-14)24-10-8-20-4-6-21(7-5-20)17(22)13-3-9-23-12-13/h1-3,9,11-12H,4-8,10H2. The van der Waals surface area contributed by atoms with Crippen molar-refractivity contribution in [2.75, 3.05) is 39.3 Å². The predicted octanol–water partition coefficient (Wildman–Crippen LogP) is 3.42. The van der Waals surface area contributed by atoms with E-state index in [9.17, 15) is 4.79 Å². The molecule has 7 heteroatoms. The lowest BCUT2D eigenvalue weighted by atomic mass is 10.2. The van der Waals surface area contributed by atoms with Gasteiger partial charge in [0.25, 0.3) is 5.91 Å². The Morgan fingerprint density at radius 2 is 1.96 bits per heavy atom. The van der Waals surface area contributed by atoms with Crippen molar-refractivity contribution < 1.29 is 13.9 Å². The Morgan fingerprint density at radius 1 is 1.17 bits per heavy atom. The SMILES string of the molecule is O=C(c1ccoc1)N1CCN(CCOc2ccc(Cl)cc2Cl)CC1. The Balaban J connectivity index is 1.42. The van der Waals surface area contributed by atoms with E-state index in [-0.39, 0.29) is 5.91 Å². The number of rotatable bonds is 5. The van der Waals surface area contributed by atoms with E-state index in [4.69, 9.17) is 32.4 Å². The quantitative estimate of drug-likeness (QED) is 0.810. The first-order valence-corrected chi connectivity index (χ1v) is 8.51. The highest BCUT2D eigenvalue weighted by molar-refractivity contribution is 6.35. The second-order valence-corrected chi connectivity index (χ2v) is 6.41. The van der Waals surface area contributed by atoms with Crippen molar-refractivity contribution in [3.8, 4) is 5.75 Å². The Kier molecular flexibility index (Phi) is 5.66. The van der Waals surface area contributed by atoms with E-state index in [2.05, 4.69) is 4.90 Å². The number of amides is 1. The van der Waals surface area contributed by atoms with Crippen LogP contribution >= 0.6 is 23.2 Å². The van der Waals surface area contributed by atoms with Crippen molar-refractivity contribution in [1.29, 1.82) is 0 Å². The number of piperazine rings is 1. The van der Waals surface area contributed by atoms with Crippen LogP contribution in [0.5, 0.6) is 5.75 Å². The van der Waals surface area contributed by atoms with Crippen LogP contribution in [0.1, 0.15) is 10.4 Å². The Bertz CT molecular complexity index is 683. The number of nitrogens with zero attached hydrogens (tertiary/aromatic N) is 2. The molecule has 1 aliphatic heterocycles. The van der Waals surface area contributed by atoms with E-state index in [0.717, 1.165) is 19.6 Å². The van der Waals surface area contributed by atoms with Crippen molar-refractivity contribution >= 4 is 29.1 Å². The summed E-state index contributed by atoms with van der Waals surface area (Å²) < 4.78 is 10.7. The number of hydrogen-bond donors (Lipinski definition) is 0. The molecular weight excluding hydrogens is 351 g/mol. The number of benzene rings is 1. The molecule has 2 aromatic rings. The smallest absolute Gasteiger partial charge is 0.257 e. The van der Waals surface area contributed by atoms with Crippen molar-refractivity contribution in [2.45, 2.75) is 0 Å². The third-order valence-corrected chi connectivity index (χ3v) is 4.52. The van der Waals surface area contributed by atoms with Crippen LogP contribution in [-0.4, -0.2) is 55.0 Å². The lowest BCUT2D eigenvalue weighted by molar-refractivity contribution is 0.0619. The van der Waals surface area contributed by atoms with E-state index < -0.39 is 0 Å². The first-order valence-electron chi connectivity index (χ1n) is 7.75. The third kappa shape index (κ3) is 4.23. The highest BCUT2D eigenvalue weighted by atomic mass is 35.5. The van der Waals surface area contributed by atoms with E-state index in [1.54, 1.807) is 24.3 Å². The summed E-state index contributed by atoms with van der Waals surface area (Å²) in [5.74, 6) is 0.655. The molecule has 1 amide bonds. The van der Waals surface area contributed by atoms with Gasteiger partial charge in [-0.05, 0) is 24.3 Å². The normalized spacial score (nSPS) is 15.5. The molecule has 0 unspecified atom stereocenters. The van der Waals surface area contributed by atoms with Gasteiger partial charge >= 0.3 is 0 Å². The minimum atomic E-state index is 0.0209. The van der Waals surface area contributed by atoms with Crippen LogP contribution in [0, 0.1) is 0 Å². The first-order chi connectivity index (χ1) is 11.6. The summed E-state index contributed by atoms with van der Waals surface area (Å²) in [4.78, 5) is 16.3. The molecular formula is C17H18Cl2N2O3. The van der Waals surface area contributed by atoms with Gasteiger partial charge in [0.1, 0.15) is 18.6 Å². The second-order valence-electron chi connectivity index (χ2n) is 5.57. The Morgan fingerprint density at radius 3 is 2.62 bits per heavy atom. The van der Waals surface area contributed by atoms with Gasteiger partial charge < -0.3 is 14.1 Å². The molecule has 2 heterocycles. The lowest BCUT2D eigenvalue weighted by Gasteiger charge is -2.34. The van der Waals surface area contributed by atoms with Crippen LogP contribution in [0.15, 0.2) is 41.2 Å². The van der Waals surface area contributed by atoms with E-state index in [0.29, 0.717) is 41.1 Å². The summed E-state index contributed by atoms with van der Waals surface area (Å²) in [6.07, 6.45) is 3.00. The molecule has 1 aromatic carbocycles. The van der Waals surface area contributed by atoms with Crippen LogP contribution in [0.4, 0.5) is 0 Å². The van der Waals surface area contributed by atoms with Crippen molar-refractivity contribution in [2.24, 2.45) is 0 Å². The number of furan rings is 1. The van der Waals surface area contributed by atoms with Gasteiger partial charge in [-0.15, -0.1) is 0 Å². The molecule has 0 aliphatic carbocycles. The monoisotopic (exact) mass is 368 g/mol. The predicted molar refractivity (Wildman–Crippen MR) is 93.0 cm³/mol. The topological polar surface area (TPSA) is 45.9 Å². The van der Waals surface area contributed by atoms with E-state index in [1.807, 2.05) is 4.90 Å². The maximum Gasteiger partial charge on any atom is 0.257 e. The van der Waals surface area contributed by atoms with Crippen molar-refractivity contribution in [3.05, 3.63) is 52.4 Å². The molecule has 0 spiro atoms. The second kappa shape index (κ2) is 7.92. The molecule has 0 saturated carbocycles. The van der Waals surface area contributed by atoms with Gasteiger partial charge in [-0.2, -0.15) is 0 Å². The van der Waals surface area contributed by atoms with Crippen LogP contribution in [0.2, 0.25) is 10.0 Å². The fraction of sp³-hybridized carbons (Fsp3) is 0.353. The van der Waals surface area contributed by atoms with Crippen molar-refractivity contribution in [3.63, 3.8) is 0 Å². The zero-order valence-electron chi connectivity index (χ0n) is 13.1. The molecule has 1 aliphatic rings. The summed E-state index contributed by atoms with van der Waals surface area (Å²) >= 11 is 11.9. The molecule has 0 radical (unpaired) electrons. The molecule has 1 fully saturated rings. The highest BCUT2D eigenvalue weighted by Gasteiger charge is 2.22. The Hall–Kier alpha value is -1.69. The number of carbonyl (C=O) groups is 1. The summed E-state index contributed by atoms with van der Waals surface area (Å²) in [7, 11) is 0. The maximum atomic E-state index is 12.2. The molecule has 3 rings (SSSR count). The number of halogens is 2. The van der Waals surface area contributed by atoms with Gasteiger partial charge in [0.2, 0.25) is 0 Å². The molecule has 0 atom stereocenters. The fourth-order valence-electron chi connectivity index (χ4n) is 2.62. The van der Waals surface area contributed by atoms with E-state index in [1.165, 1.54) is 12.5 Å². The van der Waals surface area contributed by atoms with Gasteiger partial charge in [0.05, 0.1) is 16.8 Å². The molecule has 1 aromatic heterocycles. The number of carbonyl (C=O) groups excluding carboxylic acids is 1. The van der Waals surface area contributed by atoms with Gasteiger partial charge in [-0.25, -0.2) is 0 Å². The van der Waals surface area contributed by atoms with Crippen LogP contribution < -0.4 is 4.74 Å². The minimum absolute atomic E-state index is 0.0209. The van der Waals surface area contributed by atoms with Crippen LogP contribution in [0.3, 0.4) is 0 Å². The third-order valence-electron chi connectivity index (χ3n) is 3.99. The minimum Gasteiger partial charge on any atom is -0.491 e. The van der Waals surface area contributed by atoms with Gasteiger partial charge in [0, 0.05) is 37.7 Å². The molecule has 0 bridgehead atoms. The van der Waals surface area contributed by atoms with Gasteiger partial charge in [-0.1, -0.05) is 23.2 Å². The lowest BCUT2D eigenvalue weighted by Crippen LogP contribution is -2.49. The molecule has 5 nitrogen and oxygen atoms in total. The summed E-state index contributed by atoms with van der Waals surface area (Å²) in [6, 6.07) is 6.88. The maximum absolute atomic E-state index is 12.2. The fourth-order valence-corrected chi connectivity index (χ4v) is 3.08. The van der Waals surface area contributed by atoms with Crippen LogP contribution in [-0.2, 0) is 0 Å². The Labute approximate surface area is 150 Å².